The molecule has 1 aliphatic heterocycles. The van der Waals surface area contributed by atoms with Gasteiger partial charge in [0.15, 0.2) is 0 Å². The molecule has 20 heavy (non-hydrogen) atoms. The number of anilines is 2. The van der Waals surface area contributed by atoms with Crippen molar-refractivity contribution >= 4 is 23.3 Å². The summed E-state index contributed by atoms with van der Waals surface area (Å²) in [5, 5.41) is 2.96. The molecule has 0 unspecified atom stereocenters. The number of rotatable bonds is 4. The lowest BCUT2D eigenvalue weighted by atomic mass is 10.1. The molecule has 1 aromatic carbocycles. The van der Waals surface area contributed by atoms with E-state index < -0.39 is 5.97 Å². The maximum atomic E-state index is 12.4. The molecule has 1 aliphatic rings. The van der Waals surface area contributed by atoms with Crippen LogP contribution in [0.25, 0.3) is 0 Å². The van der Waals surface area contributed by atoms with Crippen molar-refractivity contribution in [2.24, 2.45) is 0 Å². The first kappa shape index (κ1) is 13.9. The van der Waals surface area contributed by atoms with Gasteiger partial charge in [0.25, 0.3) is 5.91 Å². The van der Waals surface area contributed by atoms with Gasteiger partial charge < -0.3 is 15.0 Å². The first-order chi connectivity index (χ1) is 9.67. The largest absolute Gasteiger partial charge is 0.463 e. The molecule has 5 heteroatoms. The van der Waals surface area contributed by atoms with E-state index in [9.17, 15) is 9.59 Å². The molecule has 1 N–H and O–H groups in total. The molecule has 1 amide bonds. The maximum Gasteiger partial charge on any atom is 0.333 e. The van der Waals surface area contributed by atoms with Crippen LogP contribution in [0.4, 0.5) is 11.4 Å². The molecule has 0 aliphatic carbocycles. The van der Waals surface area contributed by atoms with Crippen molar-refractivity contribution in [2.75, 3.05) is 23.4 Å². The standard InChI is InChI=1S/C15H16N2O3/c1-3-9-17-13-8-6-5-7-11(13)16-12(15(17)19)10-14(18)20-4-2/h3,5-8,10,16H,1,4,9H2,2H3. The highest BCUT2D eigenvalue weighted by Crippen LogP contribution is 2.32. The summed E-state index contributed by atoms with van der Waals surface area (Å²) in [5.74, 6) is -0.821. The van der Waals surface area contributed by atoms with Gasteiger partial charge in [0.05, 0.1) is 24.1 Å². The van der Waals surface area contributed by atoms with Crippen LogP contribution in [-0.4, -0.2) is 25.0 Å². The number of amides is 1. The molecule has 0 aromatic heterocycles. The average Bonchev–Trinajstić information content (AvgIpc) is 2.43. The lowest BCUT2D eigenvalue weighted by Crippen LogP contribution is -2.38. The number of hydrogen-bond donors (Lipinski definition) is 1. The van der Waals surface area contributed by atoms with Crippen LogP contribution in [0.15, 0.2) is 48.7 Å². The number of ether oxygens (including phenoxy) is 1. The number of esters is 1. The van der Waals surface area contributed by atoms with E-state index in [1.165, 1.54) is 6.08 Å². The first-order valence-corrected chi connectivity index (χ1v) is 6.34. The van der Waals surface area contributed by atoms with Crippen LogP contribution < -0.4 is 10.2 Å². The quantitative estimate of drug-likeness (QED) is 0.518. The minimum atomic E-state index is -0.540. The smallest absolute Gasteiger partial charge is 0.333 e. The second-order valence-corrected chi connectivity index (χ2v) is 4.16. The van der Waals surface area contributed by atoms with Gasteiger partial charge in [-0.1, -0.05) is 18.2 Å². The second kappa shape index (κ2) is 6.06. The van der Waals surface area contributed by atoms with Gasteiger partial charge in [-0.15, -0.1) is 6.58 Å². The summed E-state index contributed by atoms with van der Waals surface area (Å²) in [6.45, 7) is 6.01. The van der Waals surface area contributed by atoms with Crippen LogP contribution in [0.2, 0.25) is 0 Å². The highest BCUT2D eigenvalue weighted by Gasteiger charge is 2.27. The monoisotopic (exact) mass is 272 g/mol. The summed E-state index contributed by atoms with van der Waals surface area (Å²) < 4.78 is 4.83. The number of para-hydroxylation sites is 2. The number of benzene rings is 1. The van der Waals surface area contributed by atoms with Gasteiger partial charge >= 0.3 is 5.97 Å². The Bertz CT molecular complexity index is 578. The summed E-state index contributed by atoms with van der Waals surface area (Å²) in [7, 11) is 0. The Morgan fingerprint density at radius 3 is 2.90 bits per heavy atom. The minimum Gasteiger partial charge on any atom is -0.463 e. The molecule has 2 rings (SSSR count). The van der Waals surface area contributed by atoms with Crippen LogP contribution in [0.3, 0.4) is 0 Å². The predicted octanol–water partition coefficient (Wildman–Crippen LogP) is 2.08. The van der Waals surface area contributed by atoms with Gasteiger partial charge in [0.1, 0.15) is 5.70 Å². The Hall–Kier alpha value is -2.56. The molecule has 5 nitrogen and oxygen atoms in total. The van der Waals surface area contributed by atoms with Crippen LogP contribution >= 0.6 is 0 Å². The van der Waals surface area contributed by atoms with E-state index in [2.05, 4.69) is 11.9 Å². The first-order valence-electron chi connectivity index (χ1n) is 6.34. The molecule has 0 saturated carbocycles. The summed E-state index contributed by atoms with van der Waals surface area (Å²) in [6.07, 6.45) is 2.82. The number of carbonyl (C=O) groups excluding carboxylic acids is 2. The fourth-order valence-corrected chi connectivity index (χ4v) is 1.98. The van der Waals surface area contributed by atoms with Gasteiger partial charge in [0, 0.05) is 6.54 Å². The Morgan fingerprint density at radius 1 is 1.45 bits per heavy atom. The summed E-state index contributed by atoms with van der Waals surface area (Å²) in [5.41, 5.74) is 1.73. The topological polar surface area (TPSA) is 58.6 Å². The molecular formula is C15H16N2O3. The molecule has 0 bridgehead atoms. The van der Waals surface area contributed by atoms with Crippen LogP contribution in [-0.2, 0) is 14.3 Å². The van der Waals surface area contributed by atoms with Crippen molar-refractivity contribution < 1.29 is 14.3 Å². The number of nitrogens with one attached hydrogen (secondary N) is 1. The van der Waals surface area contributed by atoms with Crippen molar-refractivity contribution in [3.8, 4) is 0 Å². The third-order valence-corrected chi connectivity index (χ3v) is 2.80. The number of hydrogen-bond acceptors (Lipinski definition) is 4. The fourth-order valence-electron chi connectivity index (χ4n) is 1.98. The summed E-state index contributed by atoms with van der Waals surface area (Å²) in [4.78, 5) is 25.4. The van der Waals surface area contributed by atoms with E-state index in [1.54, 1.807) is 17.9 Å². The fraction of sp³-hybridized carbons (Fsp3) is 0.200. The van der Waals surface area contributed by atoms with Crippen molar-refractivity contribution in [2.45, 2.75) is 6.92 Å². The van der Waals surface area contributed by atoms with Gasteiger partial charge in [-0.2, -0.15) is 0 Å². The van der Waals surface area contributed by atoms with Crippen molar-refractivity contribution in [1.29, 1.82) is 0 Å². The molecule has 0 saturated heterocycles. The van der Waals surface area contributed by atoms with E-state index in [1.807, 2.05) is 24.3 Å². The Balaban J connectivity index is 2.38. The highest BCUT2D eigenvalue weighted by molar-refractivity contribution is 6.14. The summed E-state index contributed by atoms with van der Waals surface area (Å²) >= 11 is 0. The van der Waals surface area contributed by atoms with E-state index in [-0.39, 0.29) is 18.2 Å². The predicted molar refractivity (Wildman–Crippen MR) is 77.3 cm³/mol. The SMILES string of the molecule is C=CCN1C(=O)C(=CC(=O)OCC)Nc2ccccc21. The van der Waals surface area contributed by atoms with E-state index in [0.717, 1.165) is 11.4 Å². The second-order valence-electron chi connectivity index (χ2n) is 4.16. The zero-order valence-electron chi connectivity index (χ0n) is 11.3. The average molecular weight is 272 g/mol. The van der Waals surface area contributed by atoms with E-state index in [4.69, 9.17) is 4.74 Å². The molecule has 1 aromatic rings. The van der Waals surface area contributed by atoms with Crippen LogP contribution in [0.1, 0.15) is 6.92 Å². The highest BCUT2D eigenvalue weighted by atomic mass is 16.5. The van der Waals surface area contributed by atoms with Crippen LogP contribution in [0.5, 0.6) is 0 Å². The molecule has 0 atom stereocenters. The molecule has 0 fully saturated rings. The Labute approximate surface area is 117 Å². The number of carbonyl (C=O) groups is 2. The Morgan fingerprint density at radius 2 is 2.20 bits per heavy atom. The third kappa shape index (κ3) is 2.71. The van der Waals surface area contributed by atoms with Gasteiger partial charge in [0.2, 0.25) is 0 Å². The van der Waals surface area contributed by atoms with Gasteiger partial charge in [-0.3, -0.25) is 4.79 Å². The van der Waals surface area contributed by atoms with Crippen molar-refractivity contribution in [3.63, 3.8) is 0 Å². The van der Waals surface area contributed by atoms with Gasteiger partial charge in [-0.25, -0.2) is 4.79 Å². The number of fused-ring (bicyclic) bond motifs is 1. The van der Waals surface area contributed by atoms with Crippen molar-refractivity contribution in [1.82, 2.24) is 0 Å². The maximum absolute atomic E-state index is 12.4. The number of nitrogens with zero attached hydrogens (tertiary/aromatic N) is 1. The normalized spacial score (nSPS) is 15.6. The lowest BCUT2D eigenvalue weighted by Gasteiger charge is -2.30. The van der Waals surface area contributed by atoms with Crippen LogP contribution in [0, 0.1) is 0 Å². The lowest BCUT2D eigenvalue weighted by molar-refractivity contribution is -0.137. The zero-order chi connectivity index (χ0) is 14.5. The Kier molecular flexibility index (Phi) is 4.20. The minimum absolute atomic E-state index is 0.198. The van der Waals surface area contributed by atoms with Crippen molar-refractivity contribution in [3.05, 3.63) is 48.7 Å². The van der Waals surface area contributed by atoms with Gasteiger partial charge in [-0.05, 0) is 19.1 Å². The summed E-state index contributed by atoms with van der Waals surface area (Å²) in [6, 6.07) is 7.39. The molecule has 104 valence electrons. The van der Waals surface area contributed by atoms with E-state index in [0.29, 0.717) is 6.54 Å². The zero-order valence-corrected chi connectivity index (χ0v) is 11.3. The molecule has 1 heterocycles. The molecular weight excluding hydrogens is 256 g/mol. The molecule has 0 radical (unpaired) electrons. The molecule has 0 spiro atoms. The third-order valence-electron chi connectivity index (χ3n) is 2.80. The van der Waals surface area contributed by atoms with E-state index >= 15 is 0 Å².